The van der Waals surface area contributed by atoms with E-state index in [2.05, 4.69) is 18.7 Å². The van der Waals surface area contributed by atoms with Gasteiger partial charge in [-0.05, 0) is 55.2 Å². The van der Waals surface area contributed by atoms with Crippen LogP contribution < -0.4 is 4.74 Å². The first-order valence-electron chi connectivity index (χ1n) is 12.7. The highest BCUT2D eigenvalue weighted by molar-refractivity contribution is 6.46. The fraction of sp³-hybridized carbons (Fsp3) is 0.448. The molecule has 2 aromatic rings. The molecule has 2 fully saturated rings. The largest absolute Gasteiger partial charge is 0.507 e. The summed E-state index contributed by atoms with van der Waals surface area (Å²) in [6, 6.07) is 14.3. The molecule has 2 heterocycles. The molecule has 7 nitrogen and oxygen atoms in total. The summed E-state index contributed by atoms with van der Waals surface area (Å²) in [5.41, 5.74) is 2.57. The van der Waals surface area contributed by atoms with Crippen LogP contribution in [0.3, 0.4) is 0 Å². The summed E-state index contributed by atoms with van der Waals surface area (Å²) >= 11 is 0. The quantitative estimate of drug-likeness (QED) is 0.335. The number of ether oxygens (including phenoxy) is 2. The molecule has 0 unspecified atom stereocenters. The van der Waals surface area contributed by atoms with Crippen molar-refractivity contribution in [2.24, 2.45) is 0 Å². The highest BCUT2D eigenvalue weighted by Crippen LogP contribution is 2.39. The third-order valence-electron chi connectivity index (χ3n) is 6.72. The van der Waals surface area contributed by atoms with Gasteiger partial charge in [-0.25, -0.2) is 0 Å². The summed E-state index contributed by atoms with van der Waals surface area (Å²) in [5, 5.41) is 11.3. The zero-order valence-corrected chi connectivity index (χ0v) is 21.6. The zero-order valence-electron chi connectivity index (χ0n) is 21.6. The van der Waals surface area contributed by atoms with Crippen LogP contribution in [0.5, 0.6) is 5.75 Å². The van der Waals surface area contributed by atoms with E-state index in [0.717, 1.165) is 18.7 Å². The molecule has 1 amide bonds. The lowest BCUT2D eigenvalue weighted by atomic mass is 9.93. The molecular formula is C29H36N2O5. The van der Waals surface area contributed by atoms with Crippen molar-refractivity contribution in [1.29, 1.82) is 0 Å². The Kier molecular flexibility index (Phi) is 8.11. The van der Waals surface area contributed by atoms with Crippen molar-refractivity contribution in [2.75, 3.05) is 39.4 Å². The van der Waals surface area contributed by atoms with Gasteiger partial charge in [0, 0.05) is 31.7 Å². The predicted octanol–water partition coefficient (Wildman–Crippen LogP) is 4.35. The minimum Gasteiger partial charge on any atom is -0.507 e. The Morgan fingerprint density at radius 2 is 1.61 bits per heavy atom. The fourth-order valence-electron chi connectivity index (χ4n) is 4.71. The van der Waals surface area contributed by atoms with Crippen molar-refractivity contribution in [3.63, 3.8) is 0 Å². The van der Waals surface area contributed by atoms with Gasteiger partial charge in [0.05, 0.1) is 30.9 Å². The van der Waals surface area contributed by atoms with Gasteiger partial charge in [0.2, 0.25) is 0 Å². The molecule has 0 spiro atoms. The Bertz CT molecular complexity index is 1100. The van der Waals surface area contributed by atoms with Crippen LogP contribution in [0.2, 0.25) is 0 Å². The number of morpholine rings is 1. The number of nitrogens with zero attached hydrogens (tertiary/aromatic N) is 2. The number of amides is 1. The molecule has 2 aliphatic rings. The van der Waals surface area contributed by atoms with E-state index in [1.165, 1.54) is 5.56 Å². The first-order valence-corrected chi connectivity index (χ1v) is 12.7. The van der Waals surface area contributed by atoms with Crippen LogP contribution in [-0.4, -0.2) is 72.1 Å². The summed E-state index contributed by atoms with van der Waals surface area (Å²) in [6.07, 6.45) is 0.0232. The Morgan fingerprint density at radius 1 is 0.972 bits per heavy atom. The lowest BCUT2D eigenvalue weighted by Crippen LogP contribution is -2.42. The maximum Gasteiger partial charge on any atom is 0.295 e. The molecule has 0 aliphatic carbocycles. The van der Waals surface area contributed by atoms with E-state index in [1.807, 2.05) is 38.1 Å². The van der Waals surface area contributed by atoms with E-state index < -0.39 is 17.7 Å². The van der Waals surface area contributed by atoms with Crippen molar-refractivity contribution in [2.45, 2.75) is 45.8 Å². The fourth-order valence-corrected chi connectivity index (χ4v) is 4.71. The standard InChI is InChI=1S/C29H36N2O5/c1-19(2)21-5-7-22(8-6-21)26-25(27(32)23-9-11-24(12-10-23)36-20(3)4)28(33)29(34)31(26)14-13-30-15-17-35-18-16-30/h5-12,19-20,26,32H,13-18H2,1-4H3/b27-25+/t26-/m0/s1. The molecule has 2 saturated heterocycles. The van der Waals surface area contributed by atoms with Gasteiger partial charge >= 0.3 is 0 Å². The number of likely N-dealkylation sites (tertiary alicyclic amines) is 1. The second-order valence-corrected chi connectivity index (χ2v) is 9.96. The molecule has 0 saturated carbocycles. The minimum absolute atomic E-state index is 0.0232. The van der Waals surface area contributed by atoms with Crippen molar-refractivity contribution in [3.05, 3.63) is 70.8 Å². The van der Waals surface area contributed by atoms with Gasteiger partial charge in [-0.3, -0.25) is 14.5 Å². The number of Topliss-reactive ketones (excluding diaryl/α,β-unsaturated/α-hetero) is 1. The number of rotatable bonds is 8. The van der Waals surface area contributed by atoms with Crippen molar-refractivity contribution >= 4 is 17.4 Å². The number of hydrogen-bond donors (Lipinski definition) is 1. The Hall–Kier alpha value is -3.16. The van der Waals surface area contributed by atoms with Crippen LogP contribution >= 0.6 is 0 Å². The molecule has 1 N–H and O–H groups in total. The molecule has 0 aromatic heterocycles. The number of ketones is 1. The maximum atomic E-state index is 13.3. The molecule has 1 atom stereocenters. The van der Waals surface area contributed by atoms with Crippen LogP contribution in [0.4, 0.5) is 0 Å². The highest BCUT2D eigenvalue weighted by Gasteiger charge is 2.46. The van der Waals surface area contributed by atoms with Gasteiger partial charge < -0.3 is 19.5 Å². The Balaban J connectivity index is 1.70. The molecule has 0 bridgehead atoms. The first-order chi connectivity index (χ1) is 17.3. The zero-order chi connectivity index (χ0) is 25.8. The normalized spacial score (nSPS) is 20.5. The number of carbonyl (C=O) groups excluding carboxylic acids is 2. The lowest BCUT2D eigenvalue weighted by molar-refractivity contribution is -0.140. The predicted molar refractivity (Wildman–Crippen MR) is 139 cm³/mol. The molecular weight excluding hydrogens is 456 g/mol. The number of aliphatic hydroxyl groups excluding tert-OH is 1. The topological polar surface area (TPSA) is 79.3 Å². The molecule has 4 rings (SSSR count). The second kappa shape index (κ2) is 11.3. The summed E-state index contributed by atoms with van der Waals surface area (Å²) in [5.74, 6) is -0.375. The van der Waals surface area contributed by atoms with Crippen molar-refractivity contribution < 1.29 is 24.2 Å². The average molecular weight is 493 g/mol. The van der Waals surface area contributed by atoms with Crippen LogP contribution in [-0.2, 0) is 14.3 Å². The molecule has 36 heavy (non-hydrogen) atoms. The van der Waals surface area contributed by atoms with E-state index in [4.69, 9.17) is 9.47 Å². The van der Waals surface area contributed by atoms with Gasteiger partial charge in [-0.15, -0.1) is 0 Å². The Labute approximate surface area is 213 Å². The molecule has 7 heteroatoms. The minimum atomic E-state index is -0.657. The SMILES string of the molecule is CC(C)Oc1ccc(/C(O)=C2\C(=O)C(=O)N(CCN3CCOCC3)[C@H]2c2ccc(C(C)C)cc2)cc1. The van der Waals surface area contributed by atoms with Gasteiger partial charge in [-0.2, -0.15) is 0 Å². The lowest BCUT2D eigenvalue weighted by Gasteiger charge is -2.31. The summed E-state index contributed by atoms with van der Waals surface area (Å²) < 4.78 is 11.1. The third kappa shape index (κ3) is 5.63. The number of aliphatic hydroxyl groups is 1. The smallest absolute Gasteiger partial charge is 0.295 e. The number of carbonyl (C=O) groups is 2. The van der Waals surface area contributed by atoms with Crippen LogP contribution in [0, 0.1) is 0 Å². The third-order valence-corrected chi connectivity index (χ3v) is 6.72. The highest BCUT2D eigenvalue weighted by atomic mass is 16.5. The van der Waals surface area contributed by atoms with Crippen LogP contribution in [0.15, 0.2) is 54.1 Å². The van der Waals surface area contributed by atoms with Crippen LogP contribution in [0.25, 0.3) is 5.76 Å². The van der Waals surface area contributed by atoms with Crippen LogP contribution in [0.1, 0.15) is 56.3 Å². The van der Waals surface area contributed by atoms with Gasteiger partial charge in [0.25, 0.3) is 11.7 Å². The van der Waals surface area contributed by atoms with E-state index in [0.29, 0.717) is 43.5 Å². The molecule has 2 aliphatic heterocycles. The maximum absolute atomic E-state index is 13.3. The number of hydrogen-bond acceptors (Lipinski definition) is 6. The second-order valence-electron chi connectivity index (χ2n) is 9.96. The summed E-state index contributed by atoms with van der Waals surface area (Å²) in [6.45, 7) is 12.1. The van der Waals surface area contributed by atoms with Gasteiger partial charge in [0.15, 0.2) is 0 Å². The van der Waals surface area contributed by atoms with Crippen molar-refractivity contribution in [3.8, 4) is 5.75 Å². The van der Waals surface area contributed by atoms with E-state index in [9.17, 15) is 14.7 Å². The monoisotopic (exact) mass is 492 g/mol. The van der Waals surface area contributed by atoms with E-state index >= 15 is 0 Å². The number of benzene rings is 2. The molecule has 192 valence electrons. The van der Waals surface area contributed by atoms with Gasteiger partial charge in [0.1, 0.15) is 11.5 Å². The van der Waals surface area contributed by atoms with Gasteiger partial charge in [-0.1, -0.05) is 38.1 Å². The summed E-state index contributed by atoms with van der Waals surface area (Å²) in [7, 11) is 0. The molecule has 0 radical (unpaired) electrons. The van der Waals surface area contributed by atoms with Crippen molar-refractivity contribution in [1.82, 2.24) is 9.80 Å². The Morgan fingerprint density at radius 3 is 2.19 bits per heavy atom. The molecule has 2 aromatic carbocycles. The summed E-state index contributed by atoms with van der Waals surface area (Å²) in [4.78, 5) is 30.3. The average Bonchev–Trinajstić information content (AvgIpc) is 3.12. The van der Waals surface area contributed by atoms with E-state index in [1.54, 1.807) is 29.2 Å². The van der Waals surface area contributed by atoms with E-state index in [-0.39, 0.29) is 17.4 Å². The first kappa shape index (κ1) is 25.9.